The molecule has 2 aromatic rings. The van der Waals surface area contributed by atoms with Crippen LogP contribution in [-0.4, -0.2) is 11.5 Å². The van der Waals surface area contributed by atoms with Crippen LogP contribution >= 0.6 is 11.3 Å². The number of thiazole rings is 1. The summed E-state index contributed by atoms with van der Waals surface area (Å²) in [6.07, 6.45) is 2.57. The van der Waals surface area contributed by atoms with Crippen molar-refractivity contribution in [1.82, 2.24) is 10.3 Å². The van der Waals surface area contributed by atoms with Gasteiger partial charge in [0.25, 0.3) is 0 Å². The van der Waals surface area contributed by atoms with Crippen molar-refractivity contribution in [1.29, 1.82) is 0 Å². The number of fused-ring (bicyclic) bond motifs is 1. The Morgan fingerprint density at radius 3 is 3.00 bits per heavy atom. The standard InChI is InChI=1S/C14H18N2S/c1-9-3-5-12(15-8-9)11-4-6-14-13(7-11)16-10(2)17-14/h4,6-7,9,12,15H,3,5,8H2,1-2H3/t9-,12+/m0/s1. The van der Waals surface area contributed by atoms with Crippen LogP contribution in [0.1, 0.15) is 36.4 Å². The van der Waals surface area contributed by atoms with E-state index in [1.165, 1.54) is 23.1 Å². The molecule has 2 heterocycles. The first kappa shape index (κ1) is 11.2. The molecule has 2 nitrogen and oxygen atoms in total. The van der Waals surface area contributed by atoms with Crippen LogP contribution in [0.2, 0.25) is 0 Å². The topological polar surface area (TPSA) is 24.9 Å². The fourth-order valence-corrected chi connectivity index (χ4v) is 3.37. The molecule has 1 aliphatic rings. The van der Waals surface area contributed by atoms with Crippen LogP contribution in [0.5, 0.6) is 0 Å². The van der Waals surface area contributed by atoms with Gasteiger partial charge in [-0.1, -0.05) is 13.0 Å². The maximum atomic E-state index is 4.57. The van der Waals surface area contributed by atoms with Crippen LogP contribution in [0, 0.1) is 12.8 Å². The fraction of sp³-hybridized carbons (Fsp3) is 0.500. The second-order valence-electron chi connectivity index (χ2n) is 5.10. The van der Waals surface area contributed by atoms with E-state index in [9.17, 15) is 0 Å². The average molecular weight is 246 g/mol. The van der Waals surface area contributed by atoms with E-state index in [0.29, 0.717) is 6.04 Å². The van der Waals surface area contributed by atoms with Crippen molar-refractivity contribution in [2.24, 2.45) is 5.92 Å². The Morgan fingerprint density at radius 1 is 1.35 bits per heavy atom. The van der Waals surface area contributed by atoms with Gasteiger partial charge in [-0.3, -0.25) is 0 Å². The third-order valence-corrected chi connectivity index (χ3v) is 4.53. The molecule has 0 radical (unpaired) electrons. The summed E-state index contributed by atoms with van der Waals surface area (Å²) in [6.45, 7) is 5.53. The molecule has 0 amide bonds. The van der Waals surface area contributed by atoms with Crippen LogP contribution in [0.3, 0.4) is 0 Å². The lowest BCUT2D eigenvalue weighted by Crippen LogP contribution is -2.31. The van der Waals surface area contributed by atoms with E-state index in [-0.39, 0.29) is 0 Å². The second kappa shape index (κ2) is 4.39. The number of hydrogen-bond donors (Lipinski definition) is 1. The lowest BCUT2D eigenvalue weighted by atomic mass is 9.92. The SMILES string of the molecule is Cc1nc2cc([C@H]3CC[C@H](C)CN3)ccc2s1. The van der Waals surface area contributed by atoms with Crippen LogP contribution in [0.4, 0.5) is 0 Å². The minimum Gasteiger partial charge on any atom is -0.310 e. The van der Waals surface area contributed by atoms with E-state index < -0.39 is 0 Å². The highest BCUT2D eigenvalue weighted by Crippen LogP contribution is 2.29. The molecular formula is C14H18N2S. The van der Waals surface area contributed by atoms with Crippen LogP contribution in [0.25, 0.3) is 10.2 Å². The molecule has 3 rings (SSSR count). The van der Waals surface area contributed by atoms with Gasteiger partial charge in [-0.05, 0) is 49.9 Å². The minimum absolute atomic E-state index is 0.526. The zero-order valence-corrected chi connectivity index (χ0v) is 11.2. The summed E-state index contributed by atoms with van der Waals surface area (Å²) in [5.74, 6) is 0.816. The smallest absolute Gasteiger partial charge is 0.0907 e. The van der Waals surface area contributed by atoms with Crippen molar-refractivity contribution < 1.29 is 0 Å². The van der Waals surface area contributed by atoms with Gasteiger partial charge in [-0.25, -0.2) is 4.98 Å². The van der Waals surface area contributed by atoms with Gasteiger partial charge in [0, 0.05) is 6.04 Å². The highest BCUT2D eigenvalue weighted by atomic mass is 32.1. The van der Waals surface area contributed by atoms with Crippen LogP contribution < -0.4 is 5.32 Å². The molecular weight excluding hydrogens is 228 g/mol. The molecule has 1 aliphatic heterocycles. The summed E-state index contributed by atoms with van der Waals surface area (Å²) in [5, 5.41) is 4.79. The first-order valence-electron chi connectivity index (χ1n) is 6.33. The largest absolute Gasteiger partial charge is 0.310 e. The molecule has 0 bridgehead atoms. The molecule has 0 unspecified atom stereocenters. The summed E-state index contributed by atoms with van der Waals surface area (Å²) in [7, 11) is 0. The van der Waals surface area contributed by atoms with Gasteiger partial charge in [-0.2, -0.15) is 0 Å². The Bertz CT molecular complexity index is 524. The summed E-state index contributed by atoms with van der Waals surface area (Å²) < 4.78 is 1.30. The molecule has 2 atom stereocenters. The molecule has 3 heteroatoms. The van der Waals surface area contributed by atoms with Crippen molar-refractivity contribution in [2.45, 2.75) is 32.7 Å². The van der Waals surface area contributed by atoms with Crippen LogP contribution in [0.15, 0.2) is 18.2 Å². The third-order valence-electron chi connectivity index (χ3n) is 3.58. The molecule has 1 fully saturated rings. The Balaban J connectivity index is 1.89. The summed E-state index contributed by atoms with van der Waals surface area (Å²) in [6, 6.07) is 7.26. The van der Waals surface area contributed by atoms with E-state index in [4.69, 9.17) is 0 Å². The molecule has 17 heavy (non-hydrogen) atoms. The molecule has 1 aromatic carbocycles. The molecule has 0 spiro atoms. The Morgan fingerprint density at radius 2 is 2.24 bits per heavy atom. The predicted octanol–water partition coefficient (Wildman–Crippen LogP) is 3.67. The van der Waals surface area contributed by atoms with Crippen molar-refractivity contribution >= 4 is 21.6 Å². The number of aromatic nitrogens is 1. The second-order valence-corrected chi connectivity index (χ2v) is 6.34. The maximum absolute atomic E-state index is 4.57. The van der Waals surface area contributed by atoms with Crippen molar-refractivity contribution in [3.63, 3.8) is 0 Å². The van der Waals surface area contributed by atoms with Gasteiger partial charge in [-0.15, -0.1) is 11.3 Å². The molecule has 1 aromatic heterocycles. The maximum Gasteiger partial charge on any atom is 0.0907 e. The number of nitrogens with one attached hydrogen (secondary N) is 1. The molecule has 1 N–H and O–H groups in total. The Labute approximate surface area is 106 Å². The van der Waals surface area contributed by atoms with Gasteiger partial charge >= 0.3 is 0 Å². The summed E-state index contributed by atoms with van der Waals surface area (Å²) >= 11 is 1.78. The number of aryl methyl sites for hydroxylation is 1. The highest BCUT2D eigenvalue weighted by Gasteiger charge is 2.19. The number of nitrogens with zero attached hydrogens (tertiary/aromatic N) is 1. The van der Waals surface area contributed by atoms with E-state index in [1.807, 2.05) is 0 Å². The van der Waals surface area contributed by atoms with Gasteiger partial charge < -0.3 is 5.32 Å². The lowest BCUT2D eigenvalue weighted by molar-refractivity contribution is 0.333. The number of benzene rings is 1. The molecule has 0 saturated carbocycles. The van der Waals surface area contributed by atoms with E-state index in [1.54, 1.807) is 11.3 Å². The summed E-state index contributed by atoms with van der Waals surface area (Å²) in [5.41, 5.74) is 2.56. The zero-order chi connectivity index (χ0) is 11.8. The highest BCUT2D eigenvalue weighted by molar-refractivity contribution is 7.18. The number of rotatable bonds is 1. The third kappa shape index (κ3) is 2.22. The normalized spacial score (nSPS) is 25.3. The van der Waals surface area contributed by atoms with E-state index in [0.717, 1.165) is 23.0 Å². The molecule has 90 valence electrons. The average Bonchev–Trinajstić information content (AvgIpc) is 2.69. The monoisotopic (exact) mass is 246 g/mol. The van der Waals surface area contributed by atoms with Gasteiger partial charge in [0.2, 0.25) is 0 Å². The van der Waals surface area contributed by atoms with Crippen molar-refractivity contribution in [2.75, 3.05) is 6.54 Å². The zero-order valence-electron chi connectivity index (χ0n) is 10.4. The van der Waals surface area contributed by atoms with E-state index in [2.05, 4.69) is 42.3 Å². The van der Waals surface area contributed by atoms with Crippen LogP contribution in [-0.2, 0) is 0 Å². The quantitative estimate of drug-likeness (QED) is 0.830. The summed E-state index contributed by atoms with van der Waals surface area (Å²) in [4.78, 5) is 4.57. The first-order valence-corrected chi connectivity index (χ1v) is 7.14. The molecule has 1 saturated heterocycles. The van der Waals surface area contributed by atoms with Crippen molar-refractivity contribution in [3.05, 3.63) is 28.8 Å². The van der Waals surface area contributed by atoms with Crippen molar-refractivity contribution in [3.8, 4) is 0 Å². The first-order chi connectivity index (χ1) is 8.22. The molecule has 0 aliphatic carbocycles. The predicted molar refractivity (Wildman–Crippen MR) is 73.5 cm³/mol. The Kier molecular flexibility index (Phi) is 2.89. The van der Waals surface area contributed by atoms with Gasteiger partial charge in [0.1, 0.15) is 0 Å². The van der Waals surface area contributed by atoms with Gasteiger partial charge in [0.15, 0.2) is 0 Å². The van der Waals surface area contributed by atoms with E-state index >= 15 is 0 Å². The minimum atomic E-state index is 0.526. The number of hydrogen-bond acceptors (Lipinski definition) is 3. The Hall–Kier alpha value is -0.930. The lowest BCUT2D eigenvalue weighted by Gasteiger charge is -2.28. The number of piperidine rings is 1. The fourth-order valence-electron chi connectivity index (χ4n) is 2.56. The van der Waals surface area contributed by atoms with Gasteiger partial charge in [0.05, 0.1) is 15.2 Å².